The zero-order valence-corrected chi connectivity index (χ0v) is 15.6. The molecule has 2 aliphatic rings. The maximum absolute atomic E-state index is 13.2. The van der Waals surface area contributed by atoms with Crippen molar-refractivity contribution in [1.29, 1.82) is 0 Å². The van der Waals surface area contributed by atoms with Gasteiger partial charge >= 0.3 is 0 Å². The fraction of sp³-hybridized carbons (Fsp3) is 0.409. The first kappa shape index (κ1) is 17.6. The summed E-state index contributed by atoms with van der Waals surface area (Å²) in [5, 5.41) is 0.765. The van der Waals surface area contributed by atoms with Crippen molar-refractivity contribution in [1.82, 2.24) is 4.90 Å². The van der Waals surface area contributed by atoms with E-state index in [1.54, 1.807) is 0 Å². The number of halogens is 1. The predicted octanol–water partition coefficient (Wildman–Crippen LogP) is 4.65. The summed E-state index contributed by atoms with van der Waals surface area (Å²) in [7, 11) is 0. The van der Waals surface area contributed by atoms with Crippen LogP contribution in [0, 0.1) is 5.92 Å². The van der Waals surface area contributed by atoms with Crippen LogP contribution in [0.4, 0.5) is 0 Å². The third kappa shape index (κ3) is 3.94. The van der Waals surface area contributed by atoms with Crippen LogP contribution in [0.15, 0.2) is 54.6 Å². The SMILES string of the molecule is O=C(C1CC1c1ccccc1Cl)N(Cc1ccccc1)CC1CCCO1. The number of hydrogen-bond acceptors (Lipinski definition) is 2. The summed E-state index contributed by atoms with van der Waals surface area (Å²) in [5.74, 6) is 0.522. The Morgan fingerprint density at radius 1 is 1.12 bits per heavy atom. The number of nitrogens with zero attached hydrogens (tertiary/aromatic N) is 1. The highest BCUT2D eigenvalue weighted by Gasteiger charge is 2.46. The molecule has 0 spiro atoms. The van der Waals surface area contributed by atoms with Gasteiger partial charge in [0.05, 0.1) is 6.10 Å². The molecule has 3 nitrogen and oxygen atoms in total. The molecule has 0 N–H and O–H groups in total. The molecule has 2 aromatic rings. The molecule has 1 heterocycles. The van der Waals surface area contributed by atoms with Crippen molar-refractivity contribution in [2.45, 2.75) is 37.8 Å². The van der Waals surface area contributed by atoms with Gasteiger partial charge in [0.2, 0.25) is 5.91 Å². The Morgan fingerprint density at radius 2 is 1.88 bits per heavy atom. The van der Waals surface area contributed by atoms with Gasteiger partial charge in [-0.3, -0.25) is 4.79 Å². The second-order valence-corrected chi connectivity index (χ2v) is 7.72. The first-order valence-corrected chi connectivity index (χ1v) is 9.79. The Bertz CT molecular complexity index is 758. The second-order valence-electron chi connectivity index (χ2n) is 7.31. The number of benzene rings is 2. The van der Waals surface area contributed by atoms with Gasteiger partial charge in [-0.25, -0.2) is 0 Å². The van der Waals surface area contributed by atoms with E-state index < -0.39 is 0 Å². The minimum atomic E-state index is 0.0417. The molecule has 26 heavy (non-hydrogen) atoms. The van der Waals surface area contributed by atoms with Gasteiger partial charge in [-0.15, -0.1) is 0 Å². The van der Waals surface area contributed by atoms with E-state index in [-0.39, 0.29) is 23.8 Å². The van der Waals surface area contributed by atoms with Crippen molar-refractivity contribution >= 4 is 17.5 Å². The Morgan fingerprint density at radius 3 is 2.62 bits per heavy atom. The van der Waals surface area contributed by atoms with Gasteiger partial charge in [-0.1, -0.05) is 60.1 Å². The number of carbonyl (C=O) groups is 1. The highest BCUT2D eigenvalue weighted by molar-refractivity contribution is 6.31. The number of hydrogen-bond donors (Lipinski definition) is 0. The topological polar surface area (TPSA) is 29.5 Å². The van der Waals surface area contributed by atoms with Crippen LogP contribution >= 0.6 is 11.6 Å². The molecule has 4 heteroatoms. The number of rotatable bonds is 6. The summed E-state index contributed by atoms with van der Waals surface area (Å²) in [4.78, 5) is 15.2. The van der Waals surface area contributed by atoms with E-state index in [9.17, 15) is 4.79 Å². The van der Waals surface area contributed by atoms with Crippen LogP contribution in [0.3, 0.4) is 0 Å². The second kappa shape index (κ2) is 7.81. The molecule has 4 rings (SSSR count). The van der Waals surface area contributed by atoms with Crippen LogP contribution < -0.4 is 0 Å². The fourth-order valence-corrected chi connectivity index (χ4v) is 4.17. The van der Waals surface area contributed by atoms with Gasteiger partial charge in [-0.05, 0) is 42.4 Å². The molecule has 0 aromatic heterocycles. The van der Waals surface area contributed by atoms with Gasteiger partial charge in [0.1, 0.15) is 0 Å². The quantitative estimate of drug-likeness (QED) is 0.741. The lowest BCUT2D eigenvalue weighted by Crippen LogP contribution is -2.38. The van der Waals surface area contributed by atoms with E-state index in [1.807, 2.05) is 47.4 Å². The van der Waals surface area contributed by atoms with E-state index in [4.69, 9.17) is 16.3 Å². The summed E-state index contributed by atoms with van der Waals surface area (Å²) in [6.45, 7) is 2.13. The van der Waals surface area contributed by atoms with E-state index in [0.29, 0.717) is 13.1 Å². The van der Waals surface area contributed by atoms with E-state index >= 15 is 0 Å². The highest BCUT2D eigenvalue weighted by Crippen LogP contribution is 2.50. The average Bonchev–Trinajstić information content (AvgIpc) is 3.29. The molecule has 3 atom stereocenters. The molecule has 136 valence electrons. The number of ether oxygens (including phenoxy) is 1. The van der Waals surface area contributed by atoms with E-state index in [1.165, 1.54) is 0 Å². The molecule has 1 saturated heterocycles. The normalized spacial score (nSPS) is 24.4. The smallest absolute Gasteiger partial charge is 0.226 e. The molecule has 1 aliphatic heterocycles. The van der Waals surface area contributed by atoms with Gasteiger partial charge in [0, 0.05) is 30.6 Å². The van der Waals surface area contributed by atoms with Crippen molar-refractivity contribution in [3.63, 3.8) is 0 Å². The lowest BCUT2D eigenvalue weighted by atomic mass is 10.1. The largest absolute Gasteiger partial charge is 0.376 e. The number of carbonyl (C=O) groups excluding carboxylic acids is 1. The maximum Gasteiger partial charge on any atom is 0.226 e. The zero-order valence-electron chi connectivity index (χ0n) is 14.8. The summed E-state index contributed by atoms with van der Waals surface area (Å²) in [6, 6.07) is 18.1. The molecule has 2 aromatic carbocycles. The van der Waals surface area contributed by atoms with Crippen LogP contribution in [0.1, 0.15) is 36.3 Å². The summed E-state index contributed by atoms with van der Waals surface area (Å²) >= 11 is 6.33. The Kier molecular flexibility index (Phi) is 5.28. The Hall–Kier alpha value is -1.84. The molecule has 3 unspecified atom stereocenters. The lowest BCUT2D eigenvalue weighted by Gasteiger charge is -2.26. The molecule has 1 saturated carbocycles. The summed E-state index contributed by atoms with van der Waals surface area (Å²) in [5.41, 5.74) is 2.26. The molecule has 1 amide bonds. The first-order valence-electron chi connectivity index (χ1n) is 9.41. The van der Waals surface area contributed by atoms with Crippen LogP contribution in [-0.2, 0) is 16.1 Å². The standard InChI is InChI=1S/C22H24ClNO2/c23-21-11-5-4-10-18(21)19-13-20(19)22(25)24(15-17-9-6-12-26-17)14-16-7-2-1-3-8-16/h1-5,7-8,10-11,17,19-20H,6,9,12-15H2. The molecular weight excluding hydrogens is 346 g/mol. The summed E-state index contributed by atoms with van der Waals surface area (Å²) in [6.07, 6.45) is 3.18. The highest BCUT2D eigenvalue weighted by atomic mass is 35.5. The van der Waals surface area contributed by atoms with Gasteiger partial charge in [0.15, 0.2) is 0 Å². The van der Waals surface area contributed by atoms with Crippen molar-refractivity contribution < 1.29 is 9.53 Å². The van der Waals surface area contributed by atoms with Crippen molar-refractivity contribution in [2.24, 2.45) is 5.92 Å². The fourth-order valence-electron chi connectivity index (χ4n) is 3.89. The molecule has 0 radical (unpaired) electrons. The van der Waals surface area contributed by atoms with Crippen molar-refractivity contribution in [2.75, 3.05) is 13.2 Å². The Balaban J connectivity index is 1.48. The predicted molar refractivity (Wildman–Crippen MR) is 103 cm³/mol. The van der Waals surface area contributed by atoms with Gasteiger partial charge in [-0.2, -0.15) is 0 Å². The lowest BCUT2D eigenvalue weighted by molar-refractivity contribution is -0.135. The minimum absolute atomic E-state index is 0.0417. The summed E-state index contributed by atoms with van der Waals surface area (Å²) < 4.78 is 5.79. The molecular formula is C22H24ClNO2. The Labute approximate surface area is 159 Å². The molecule has 0 bridgehead atoms. The molecule has 2 fully saturated rings. The van der Waals surface area contributed by atoms with Crippen LogP contribution in [0.25, 0.3) is 0 Å². The van der Waals surface area contributed by atoms with Crippen LogP contribution in [-0.4, -0.2) is 30.1 Å². The first-order chi connectivity index (χ1) is 12.7. The van der Waals surface area contributed by atoms with Crippen LogP contribution in [0.2, 0.25) is 5.02 Å². The number of amides is 1. The van der Waals surface area contributed by atoms with Crippen LogP contribution in [0.5, 0.6) is 0 Å². The van der Waals surface area contributed by atoms with Gasteiger partial charge < -0.3 is 9.64 Å². The minimum Gasteiger partial charge on any atom is -0.376 e. The molecule has 1 aliphatic carbocycles. The van der Waals surface area contributed by atoms with E-state index in [0.717, 1.165) is 42.0 Å². The zero-order chi connectivity index (χ0) is 17.9. The third-order valence-corrected chi connectivity index (χ3v) is 5.73. The monoisotopic (exact) mass is 369 g/mol. The third-order valence-electron chi connectivity index (χ3n) is 5.39. The average molecular weight is 370 g/mol. The van der Waals surface area contributed by atoms with E-state index in [2.05, 4.69) is 12.1 Å². The van der Waals surface area contributed by atoms with Gasteiger partial charge in [0.25, 0.3) is 0 Å². The van der Waals surface area contributed by atoms with Crippen molar-refractivity contribution in [3.05, 3.63) is 70.7 Å². The van der Waals surface area contributed by atoms with Crippen molar-refractivity contribution in [3.8, 4) is 0 Å². The maximum atomic E-state index is 13.2.